The van der Waals surface area contributed by atoms with Crippen LogP contribution in [0.5, 0.6) is 5.88 Å². The van der Waals surface area contributed by atoms with Crippen molar-refractivity contribution in [2.75, 3.05) is 0 Å². The molecule has 4 heteroatoms. The van der Waals surface area contributed by atoms with Crippen LogP contribution < -0.4 is 4.74 Å². The summed E-state index contributed by atoms with van der Waals surface area (Å²) in [5.74, 6) is 1.94. The minimum atomic E-state index is -0.0956. The van der Waals surface area contributed by atoms with Crippen LogP contribution in [0.4, 0.5) is 0 Å². The summed E-state index contributed by atoms with van der Waals surface area (Å²) in [5.41, 5.74) is 0.555. The first-order valence-corrected chi connectivity index (χ1v) is 6.25. The first-order valence-electron chi connectivity index (χ1n) is 6.25. The van der Waals surface area contributed by atoms with Crippen LogP contribution in [0.15, 0.2) is 12.4 Å². The van der Waals surface area contributed by atoms with Crippen molar-refractivity contribution in [1.82, 2.24) is 9.97 Å². The first-order chi connectivity index (χ1) is 8.17. The number of aliphatic hydroxyl groups excluding tert-OH is 1. The molecule has 0 spiro atoms. The van der Waals surface area contributed by atoms with E-state index < -0.39 is 0 Å². The summed E-state index contributed by atoms with van der Waals surface area (Å²) in [6, 6.07) is 0. The Morgan fingerprint density at radius 1 is 1.24 bits per heavy atom. The topological polar surface area (TPSA) is 55.2 Å². The number of aliphatic hydroxyl groups is 1. The fourth-order valence-electron chi connectivity index (χ4n) is 2.66. The van der Waals surface area contributed by atoms with E-state index in [4.69, 9.17) is 9.84 Å². The Morgan fingerprint density at radius 3 is 2.59 bits per heavy atom. The average molecular weight is 236 g/mol. The van der Waals surface area contributed by atoms with E-state index in [1.54, 1.807) is 12.4 Å². The van der Waals surface area contributed by atoms with Gasteiger partial charge in [-0.3, -0.25) is 4.98 Å². The predicted octanol–water partition coefficient (Wildman–Crippen LogP) is 2.17. The second kappa shape index (κ2) is 5.45. The van der Waals surface area contributed by atoms with Gasteiger partial charge in [0.2, 0.25) is 5.88 Å². The van der Waals surface area contributed by atoms with Gasteiger partial charge in [0.25, 0.3) is 0 Å². The molecule has 1 aliphatic carbocycles. The van der Waals surface area contributed by atoms with E-state index in [1.807, 2.05) is 0 Å². The molecule has 1 saturated carbocycles. The smallest absolute Gasteiger partial charge is 0.232 e. The molecule has 94 valence electrons. The van der Waals surface area contributed by atoms with Crippen molar-refractivity contribution < 1.29 is 9.84 Å². The molecule has 1 N–H and O–H groups in total. The van der Waals surface area contributed by atoms with Gasteiger partial charge in [-0.25, -0.2) is 4.98 Å². The zero-order chi connectivity index (χ0) is 12.3. The average Bonchev–Trinajstić information content (AvgIpc) is 2.28. The zero-order valence-electron chi connectivity index (χ0n) is 10.5. The van der Waals surface area contributed by atoms with Gasteiger partial charge in [0.1, 0.15) is 6.10 Å². The van der Waals surface area contributed by atoms with Gasteiger partial charge in [0.15, 0.2) is 0 Å². The van der Waals surface area contributed by atoms with Crippen LogP contribution in [0.2, 0.25) is 0 Å². The van der Waals surface area contributed by atoms with Crippen LogP contribution in [0.1, 0.15) is 38.8 Å². The molecule has 2 rings (SSSR count). The minimum absolute atomic E-state index is 0.0956. The SMILES string of the molecule is CC1CC(C)CC(Oc2cncc(CO)n2)C1. The monoisotopic (exact) mass is 236 g/mol. The molecule has 1 heterocycles. The Hall–Kier alpha value is -1.16. The van der Waals surface area contributed by atoms with E-state index in [2.05, 4.69) is 23.8 Å². The molecule has 0 saturated heterocycles. The highest BCUT2D eigenvalue weighted by Gasteiger charge is 2.25. The van der Waals surface area contributed by atoms with Gasteiger partial charge in [0.05, 0.1) is 24.7 Å². The quantitative estimate of drug-likeness (QED) is 0.874. The molecule has 1 aromatic rings. The fraction of sp³-hybridized carbons (Fsp3) is 0.692. The zero-order valence-corrected chi connectivity index (χ0v) is 10.5. The van der Waals surface area contributed by atoms with Crippen molar-refractivity contribution in [1.29, 1.82) is 0 Å². The minimum Gasteiger partial charge on any atom is -0.473 e. The van der Waals surface area contributed by atoms with E-state index in [1.165, 1.54) is 6.42 Å². The molecular weight excluding hydrogens is 216 g/mol. The van der Waals surface area contributed by atoms with Gasteiger partial charge in [-0.15, -0.1) is 0 Å². The number of aromatic nitrogens is 2. The molecule has 0 amide bonds. The highest BCUT2D eigenvalue weighted by atomic mass is 16.5. The van der Waals surface area contributed by atoms with Gasteiger partial charge >= 0.3 is 0 Å². The second-order valence-electron chi connectivity index (χ2n) is 5.16. The Kier molecular flexibility index (Phi) is 3.94. The van der Waals surface area contributed by atoms with Crippen LogP contribution >= 0.6 is 0 Å². The number of rotatable bonds is 3. The maximum atomic E-state index is 8.99. The van der Waals surface area contributed by atoms with Crippen molar-refractivity contribution in [2.45, 2.75) is 45.8 Å². The van der Waals surface area contributed by atoms with Crippen molar-refractivity contribution >= 4 is 0 Å². The molecular formula is C13H20N2O2. The summed E-state index contributed by atoms with van der Waals surface area (Å²) < 4.78 is 5.85. The summed E-state index contributed by atoms with van der Waals surface area (Å²) >= 11 is 0. The largest absolute Gasteiger partial charge is 0.473 e. The molecule has 2 unspecified atom stereocenters. The summed E-state index contributed by atoms with van der Waals surface area (Å²) in [5, 5.41) is 8.99. The second-order valence-corrected chi connectivity index (χ2v) is 5.16. The van der Waals surface area contributed by atoms with E-state index in [-0.39, 0.29) is 12.7 Å². The Bertz CT molecular complexity index is 360. The lowest BCUT2D eigenvalue weighted by atomic mass is 9.82. The van der Waals surface area contributed by atoms with E-state index in [9.17, 15) is 0 Å². The molecule has 0 bridgehead atoms. The van der Waals surface area contributed by atoms with Gasteiger partial charge < -0.3 is 9.84 Å². The first kappa shape index (κ1) is 12.3. The van der Waals surface area contributed by atoms with Crippen molar-refractivity contribution in [3.05, 3.63) is 18.1 Å². The van der Waals surface area contributed by atoms with Gasteiger partial charge in [-0.05, 0) is 31.1 Å². The van der Waals surface area contributed by atoms with Crippen molar-refractivity contribution in [2.24, 2.45) is 11.8 Å². The van der Waals surface area contributed by atoms with Crippen molar-refractivity contribution in [3.63, 3.8) is 0 Å². The molecule has 0 radical (unpaired) electrons. The van der Waals surface area contributed by atoms with E-state index >= 15 is 0 Å². The van der Waals surface area contributed by atoms with Crippen LogP contribution in [0, 0.1) is 11.8 Å². The number of hydrogen-bond donors (Lipinski definition) is 1. The van der Waals surface area contributed by atoms with E-state index in [0.717, 1.165) is 12.8 Å². The maximum Gasteiger partial charge on any atom is 0.232 e. The Labute approximate surface area is 102 Å². The van der Waals surface area contributed by atoms with E-state index in [0.29, 0.717) is 23.4 Å². The number of nitrogens with zero attached hydrogens (tertiary/aromatic N) is 2. The van der Waals surface area contributed by atoms with Gasteiger partial charge in [-0.1, -0.05) is 13.8 Å². The van der Waals surface area contributed by atoms with Crippen molar-refractivity contribution in [3.8, 4) is 5.88 Å². The molecule has 1 aromatic heterocycles. The third-order valence-electron chi connectivity index (χ3n) is 3.25. The molecule has 2 atom stereocenters. The molecule has 0 aliphatic heterocycles. The standard InChI is InChI=1S/C13H20N2O2/c1-9-3-10(2)5-12(4-9)17-13-7-14-6-11(8-16)15-13/h6-7,9-10,12,16H,3-5,8H2,1-2H3. The normalized spacial score (nSPS) is 29.0. The summed E-state index contributed by atoms with van der Waals surface area (Å²) in [4.78, 5) is 8.21. The van der Waals surface area contributed by atoms with Crippen LogP contribution in [-0.4, -0.2) is 21.2 Å². The molecule has 1 fully saturated rings. The molecule has 4 nitrogen and oxygen atoms in total. The molecule has 17 heavy (non-hydrogen) atoms. The lowest BCUT2D eigenvalue weighted by Crippen LogP contribution is -2.28. The summed E-state index contributed by atoms with van der Waals surface area (Å²) in [6.45, 7) is 4.44. The molecule has 1 aliphatic rings. The lowest BCUT2D eigenvalue weighted by molar-refractivity contribution is 0.0956. The third kappa shape index (κ3) is 3.40. The number of hydrogen-bond acceptors (Lipinski definition) is 4. The lowest BCUT2D eigenvalue weighted by Gasteiger charge is -2.31. The summed E-state index contributed by atoms with van der Waals surface area (Å²) in [6.07, 6.45) is 6.84. The van der Waals surface area contributed by atoms with Gasteiger partial charge in [-0.2, -0.15) is 0 Å². The molecule has 0 aromatic carbocycles. The fourth-order valence-corrected chi connectivity index (χ4v) is 2.66. The Balaban J connectivity index is 1.99. The van der Waals surface area contributed by atoms with Crippen LogP contribution in [0.25, 0.3) is 0 Å². The number of ether oxygens (including phenoxy) is 1. The summed E-state index contributed by atoms with van der Waals surface area (Å²) in [7, 11) is 0. The maximum absolute atomic E-state index is 8.99. The third-order valence-corrected chi connectivity index (χ3v) is 3.25. The van der Waals surface area contributed by atoms with Gasteiger partial charge in [0, 0.05) is 0 Å². The highest BCUT2D eigenvalue weighted by molar-refractivity contribution is 5.08. The highest BCUT2D eigenvalue weighted by Crippen LogP contribution is 2.30. The van der Waals surface area contributed by atoms with Crippen LogP contribution in [-0.2, 0) is 6.61 Å². The Morgan fingerprint density at radius 2 is 1.94 bits per heavy atom. The predicted molar refractivity (Wildman–Crippen MR) is 64.5 cm³/mol. The van der Waals surface area contributed by atoms with Crippen LogP contribution in [0.3, 0.4) is 0 Å².